The molecule has 1 aliphatic carbocycles. The molecule has 0 aromatic carbocycles. The lowest BCUT2D eigenvalue weighted by atomic mass is 9.90. The Hall–Kier alpha value is -1.30. The zero-order valence-corrected chi connectivity index (χ0v) is 13.3. The molecule has 3 N–H and O–H groups in total. The van der Waals surface area contributed by atoms with Crippen LogP contribution >= 0.6 is 0 Å². The summed E-state index contributed by atoms with van der Waals surface area (Å²) < 4.78 is 5.28. The Kier molecular flexibility index (Phi) is 6.45. The highest BCUT2D eigenvalue weighted by atomic mass is 16.5. The first kappa shape index (κ1) is 17.8. The second kappa shape index (κ2) is 7.64. The summed E-state index contributed by atoms with van der Waals surface area (Å²) in [6, 6.07) is -0.411. The summed E-state index contributed by atoms with van der Waals surface area (Å²) in [5.74, 6) is -0.934. The van der Waals surface area contributed by atoms with Gasteiger partial charge in [0.1, 0.15) is 5.54 Å². The number of hydrogen-bond donors (Lipinski definition) is 3. The number of urea groups is 1. The minimum Gasteiger partial charge on any atom is -0.480 e. The molecule has 2 amide bonds. The minimum absolute atomic E-state index is 0.305. The standard InChI is InChI=1S/C15H28N2O4/c1-14(2,21-3)10-11-16-13(20)17-15(12(18)19)8-6-4-5-7-9-15/h4-11H2,1-3H3,(H,18,19)(H2,16,17,20). The fraction of sp³-hybridized carbons (Fsp3) is 0.867. The highest BCUT2D eigenvalue weighted by Crippen LogP contribution is 2.27. The number of carboxylic acid groups (broad SMARTS) is 1. The van der Waals surface area contributed by atoms with Crippen molar-refractivity contribution in [2.24, 2.45) is 0 Å². The van der Waals surface area contributed by atoms with Crippen molar-refractivity contribution in [3.8, 4) is 0 Å². The quantitative estimate of drug-likeness (QED) is 0.657. The number of nitrogens with one attached hydrogen (secondary N) is 2. The third kappa shape index (κ3) is 5.53. The molecule has 6 nitrogen and oxygen atoms in total. The van der Waals surface area contributed by atoms with Crippen LogP contribution < -0.4 is 10.6 Å². The topological polar surface area (TPSA) is 87.7 Å². The molecular weight excluding hydrogens is 272 g/mol. The molecule has 0 unspecified atom stereocenters. The van der Waals surface area contributed by atoms with E-state index in [-0.39, 0.29) is 5.60 Å². The Labute approximate surface area is 126 Å². The van der Waals surface area contributed by atoms with Crippen LogP contribution in [0.2, 0.25) is 0 Å². The van der Waals surface area contributed by atoms with Gasteiger partial charge in [0.2, 0.25) is 0 Å². The molecule has 0 bridgehead atoms. The molecule has 21 heavy (non-hydrogen) atoms. The number of carbonyl (C=O) groups is 2. The van der Waals surface area contributed by atoms with E-state index in [1.54, 1.807) is 7.11 Å². The predicted octanol–water partition coefficient (Wildman–Crippen LogP) is 2.28. The van der Waals surface area contributed by atoms with Crippen LogP contribution in [0.3, 0.4) is 0 Å². The summed E-state index contributed by atoms with van der Waals surface area (Å²) >= 11 is 0. The number of methoxy groups -OCH3 is 1. The number of hydrogen-bond acceptors (Lipinski definition) is 3. The molecule has 1 rings (SSSR count). The van der Waals surface area contributed by atoms with E-state index in [0.717, 1.165) is 25.7 Å². The molecule has 1 aliphatic rings. The Bertz CT molecular complexity index is 361. The highest BCUT2D eigenvalue weighted by molar-refractivity contribution is 5.86. The molecule has 1 saturated carbocycles. The molecule has 0 aromatic rings. The van der Waals surface area contributed by atoms with E-state index in [1.165, 1.54) is 0 Å². The summed E-state index contributed by atoms with van der Waals surface area (Å²) in [6.07, 6.45) is 5.39. The van der Waals surface area contributed by atoms with Gasteiger partial charge in [-0.1, -0.05) is 25.7 Å². The molecule has 0 heterocycles. The van der Waals surface area contributed by atoms with E-state index in [0.29, 0.717) is 25.8 Å². The molecule has 0 atom stereocenters. The van der Waals surface area contributed by atoms with Crippen molar-refractivity contribution < 1.29 is 19.4 Å². The summed E-state index contributed by atoms with van der Waals surface area (Å²) in [5, 5.41) is 14.9. The second-order valence-corrected chi connectivity index (χ2v) is 6.40. The van der Waals surface area contributed by atoms with Gasteiger partial charge in [-0.15, -0.1) is 0 Å². The number of amides is 2. The van der Waals surface area contributed by atoms with Crippen LogP contribution in [0.15, 0.2) is 0 Å². The van der Waals surface area contributed by atoms with Crippen LogP contribution in [-0.2, 0) is 9.53 Å². The number of carbonyl (C=O) groups excluding carboxylic acids is 1. The minimum atomic E-state index is -1.11. The van der Waals surface area contributed by atoms with Crippen molar-refractivity contribution in [1.29, 1.82) is 0 Å². The Balaban J connectivity index is 2.51. The third-order valence-corrected chi connectivity index (χ3v) is 4.28. The molecule has 0 aliphatic heterocycles. The number of ether oxygens (including phenoxy) is 1. The SMILES string of the molecule is COC(C)(C)CCNC(=O)NC1(C(=O)O)CCCCCC1. The van der Waals surface area contributed by atoms with Gasteiger partial charge in [0, 0.05) is 13.7 Å². The van der Waals surface area contributed by atoms with Gasteiger partial charge in [-0.3, -0.25) is 0 Å². The monoisotopic (exact) mass is 300 g/mol. The third-order valence-electron chi connectivity index (χ3n) is 4.28. The normalized spacial score (nSPS) is 18.6. The first-order valence-electron chi connectivity index (χ1n) is 7.66. The van der Waals surface area contributed by atoms with Gasteiger partial charge in [0.25, 0.3) is 0 Å². The maximum atomic E-state index is 12.0. The predicted molar refractivity (Wildman–Crippen MR) is 80.3 cm³/mol. The van der Waals surface area contributed by atoms with Gasteiger partial charge >= 0.3 is 12.0 Å². The average molecular weight is 300 g/mol. The molecule has 122 valence electrons. The first-order chi connectivity index (χ1) is 9.81. The summed E-state index contributed by atoms with van der Waals surface area (Å²) in [5.41, 5.74) is -1.42. The molecule has 0 saturated heterocycles. The first-order valence-corrected chi connectivity index (χ1v) is 7.66. The van der Waals surface area contributed by atoms with E-state index >= 15 is 0 Å². The molecule has 0 spiro atoms. The average Bonchev–Trinajstić information content (AvgIpc) is 2.65. The fourth-order valence-corrected chi connectivity index (χ4v) is 2.57. The number of aliphatic carboxylic acids is 1. The van der Waals surface area contributed by atoms with Crippen LogP contribution in [0.4, 0.5) is 4.79 Å². The van der Waals surface area contributed by atoms with E-state index < -0.39 is 17.5 Å². The van der Waals surface area contributed by atoms with E-state index in [9.17, 15) is 14.7 Å². The van der Waals surface area contributed by atoms with E-state index in [1.807, 2.05) is 13.8 Å². The summed E-state index contributed by atoms with van der Waals surface area (Å²) in [6.45, 7) is 4.33. The lowest BCUT2D eigenvalue weighted by Crippen LogP contribution is -2.57. The molecule has 0 radical (unpaired) electrons. The molecular formula is C15H28N2O4. The maximum absolute atomic E-state index is 12.0. The maximum Gasteiger partial charge on any atom is 0.329 e. The number of carboxylic acids is 1. The van der Waals surface area contributed by atoms with Crippen LogP contribution in [-0.4, -0.2) is 41.9 Å². The van der Waals surface area contributed by atoms with Crippen molar-refractivity contribution in [2.45, 2.75) is 69.9 Å². The van der Waals surface area contributed by atoms with Crippen molar-refractivity contribution >= 4 is 12.0 Å². The van der Waals surface area contributed by atoms with Gasteiger partial charge in [-0.2, -0.15) is 0 Å². The van der Waals surface area contributed by atoms with Crippen LogP contribution in [0.25, 0.3) is 0 Å². The van der Waals surface area contributed by atoms with E-state index in [2.05, 4.69) is 10.6 Å². The van der Waals surface area contributed by atoms with Crippen molar-refractivity contribution in [3.63, 3.8) is 0 Å². The lowest BCUT2D eigenvalue weighted by Gasteiger charge is -2.29. The highest BCUT2D eigenvalue weighted by Gasteiger charge is 2.40. The molecule has 0 aromatic heterocycles. The molecule has 1 fully saturated rings. The van der Waals surface area contributed by atoms with Gasteiger partial charge in [0.15, 0.2) is 0 Å². The summed E-state index contributed by atoms with van der Waals surface area (Å²) in [7, 11) is 1.63. The zero-order chi connectivity index (χ0) is 15.9. The Morgan fingerprint density at radius 1 is 1.19 bits per heavy atom. The van der Waals surface area contributed by atoms with Gasteiger partial charge in [0.05, 0.1) is 5.60 Å². The van der Waals surface area contributed by atoms with Gasteiger partial charge in [-0.25, -0.2) is 9.59 Å². The lowest BCUT2D eigenvalue weighted by molar-refractivity contribution is -0.145. The Morgan fingerprint density at radius 3 is 2.24 bits per heavy atom. The van der Waals surface area contributed by atoms with Crippen LogP contribution in [0, 0.1) is 0 Å². The van der Waals surface area contributed by atoms with Crippen molar-refractivity contribution in [1.82, 2.24) is 10.6 Å². The largest absolute Gasteiger partial charge is 0.480 e. The fourth-order valence-electron chi connectivity index (χ4n) is 2.57. The van der Waals surface area contributed by atoms with Gasteiger partial charge < -0.3 is 20.5 Å². The molecule has 6 heteroatoms. The summed E-state index contributed by atoms with van der Waals surface area (Å²) in [4.78, 5) is 23.6. The van der Waals surface area contributed by atoms with Crippen LogP contribution in [0.1, 0.15) is 58.8 Å². The van der Waals surface area contributed by atoms with Crippen molar-refractivity contribution in [2.75, 3.05) is 13.7 Å². The second-order valence-electron chi connectivity index (χ2n) is 6.40. The smallest absolute Gasteiger partial charge is 0.329 e. The number of rotatable bonds is 6. The van der Waals surface area contributed by atoms with E-state index in [4.69, 9.17) is 4.74 Å². The zero-order valence-electron chi connectivity index (χ0n) is 13.3. The van der Waals surface area contributed by atoms with Gasteiger partial charge in [-0.05, 0) is 33.1 Å². The Morgan fingerprint density at radius 2 is 1.76 bits per heavy atom. The van der Waals surface area contributed by atoms with Crippen LogP contribution in [0.5, 0.6) is 0 Å². The van der Waals surface area contributed by atoms with Crippen molar-refractivity contribution in [3.05, 3.63) is 0 Å².